The summed E-state index contributed by atoms with van der Waals surface area (Å²) in [5.74, 6) is -0.782. The SMILES string of the molecule is O=C(O)C1=[As]C=CC=C1. The number of aliphatic carboxylic acids is 1. The number of carbonyl (C=O) groups is 1. The van der Waals surface area contributed by atoms with E-state index in [0.29, 0.717) is 4.30 Å². The van der Waals surface area contributed by atoms with Gasteiger partial charge in [-0.25, -0.2) is 0 Å². The molecule has 3 heteroatoms. The molecular weight excluding hydrogens is 179 g/mol. The third-order valence-corrected chi connectivity index (χ3v) is 2.86. The number of hydrogen-bond acceptors (Lipinski definition) is 1. The van der Waals surface area contributed by atoms with Crippen LogP contribution in [0.4, 0.5) is 0 Å². The van der Waals surface area contributed by atoms with Crippen LogP contribution >= 0.6 is 0 Å². The van der Waals surface area contributed by atoms with Gasteiger partial charge in [0.05, 0.1) is 0 Å². The van der Waals surface area contributed by atoms with E-state index in [1.807, 2.05) is 10.9 Å². The molecule has 0 radical (unpaired) electrons. The second-order valence-corrected chi connectivity index (χ2v) is 3.70. The van der Waals surface area contributed by atoms with E-state index in [9.17, 15) is 4.79 Å². The standard InChI is InChI=1S/C6H5AsO2/c8-6(9)5-3-1-2-4-7-5/h1-4H,(H,8,9). The van der Waals surface area contributed by atoms with Crippen LogP contribution in [0.15, 0.2) is 23.1 Å². The monoisotopic (exact) mass is 184 g/mol. The fourth-order valence-corrected chi connectivity index (χ4v) is 1.81. The summed E-state index contributed by atoms with van der Waals surface area (Å²) in [4.78, 5) is 12.2. The minimum atomic E-state index is -0.782. The van der Waals surface area contributed by atoms with Crippen LogP contribution in [0, 0.1) is 0 Å². The van der Waals surface area contributed by atoms with Crippen molar-refractivity contribution in [2.24, 2.45) is 0 Å². The van der Waals surface area contributed by atoms with Crippen LogP contribution in [0.5, 0.6) is 0 Å². The molecule has 0 aromatic carbocycles. The first-order chi connectivity index (χ1) is 4.30. The Morgan fingerprint density at radius 1 is 1.56 bits per heavy atom. The quantitative estimate of drug-likeness (QED) is 0.583. The zero-order valence-corrected chi connectivity index (χ0v) is 6.49. The third-order valence-electron chi connectivity index (χ3n) is 0.884. The summed E-state index contributed by atoms with van der Waals surface area (Å²) in [7, 11) is 0. The molecule has 2 nitrogen and oxygen atoms in total. The van der Waals surface area contributed by atoms with Crippen LogP contribution in [0.3, 0.4) is 0 Å². The van der Waals surface area contributed by atoms with Gasteiger partial charge in [-0.05, 0) is 0 Å². The summed E-state index contributed by atoms with van der Waals surface area (Å²) < 4.78 is 0.550. The second kappa shape index (κ2) is 2.79. The normalized spacial score (nSPS) is 17.1. The molecule has 0 unspecified atom stereocenters. The molecule has 0 aromatic heterocycles. The molecule has 1 aliphatic rings. The number of rotatable bonds is 1. The van der Waals surface area contributed by atoms with Crippen LogP contribution < -0.4 is 0 Å². The van der Waals surface area contributed by atoms with E-state index in [-0.39, 0.29) is 15.3 Å². The molecule has 1 aliphatic heterocycles. The van der Waals surface area contributed by atoms with Gasteiger partial charge in [0, 0.05) is 0 Å². The number of carboxylic acids is 1. The van der Waals surface area contributed by atoms with Gasteiger partial charge >= 0.3 is 58.6 Å². The summed E-state index contributed by atoms with van der Waals surface area (Å²) in [6, 6.07) is 0. The average molecular weight is 184 g/mol. The third kappa shape index (κ3) is 1.65. The predicted molar refractivity (Wildman–Crippen MR) is 36.7 cm³/mol. The van der Waals surface area contributed by atoms with Gasteiger partial charge in [0.2, 0.25) is 0 Å². The molecule has 0 bridgehead atoms. The number of allylic oxidation sites excluding steroid dienone is 2. The summed E-state index contributed by atoms with van der Waals surface area (Å²) in [6.07, 6.45) is 5.29. The fourth-order valence-electron chi connectivity index (χ4n) is 0.489. The maximum absolute atomic E-state index is 10.3. The predicted octanol–water partition coefficient (Wildman–Crippen LogP) is 0.0311. The van der Waals surface area contributed by atoms with Crippen molar-refractivity contribution in [1.29, 1.82) is 0 Å². The first kappa shape index (κ1) is 6.50. The van der Waals surface area contributed by atoms with Crippen molar-refractivity contribution in [3.05, 3.63) is 23.1 Å². The first-order valence-electron chi connectivity index (χ1n) is 2.45. The van der Waals surface area contributed by atoms with E-state index in [1.54, 1.807) is 12.2 Å². The second-order valence-electron chi connectivity index (χ2n) is 1.52. The number of hydrogen-bond donors (Lipinski definition) is 1. The van der Waals surface area contributed by atoms with Crippen molar-refractivity contribution >= 4 is 25.6 Å². The Labute approximate surface area is 59.1 Å². The Balaban J connectivity index is 2.84. The van der Waals surface area contributed by atoms with Gasteiger partial charge in [0.15, 0.2) is 0 Å². The van der Waals surface area contributed by atoms with Crippen LogP contribution in [0.2, 0.25) is 0 Å². The van der Waals surface area contributed by atoms with Crippen LogP contribution in [-0.4, -0.2) is 30.7 Å². The first-order valence-corrected chi connectivity index (χ1v) is 4.47. The van der Waals surface area contributed by atoms with E-state index in [2.05, 4.69) is 0 Å². The molecule has 9 heavy (non-hydrogen) atoms. The molecule has 1 N–H and O–H groups in total. The van der Waals surface area contributed by atoms with E-state index in [0.717, 1.165) is 0 Å². The maximum atomic E-state index is 10.3. The molecule has 0 spiro atoms. The molecule has 0 aromatic rings. The molecule has 46 valence electrons. The van der Waals surface area contributed by atoms with E-state index < -0.39 is 5.97 Å². The molecule has 0 aliphatic carbocycles. The van der Waals surface area contributed by atoms with Crippen molar-refractivity contribution in [1.82, 2.24) is 0 Å². The molecular formula is C6H5AsO2. The van der Waals surface area contributed by atoms with E-state index in [1.165, 1.54) is 0 Å². The van der Waals surface area contributed by atoms with Gasteiger partial charge in [0.1, 0.15) is 0 Å². The van der Waals surface area contributed by atoms with Gasteiger partial charge in [-0.15, -0.1) is 0 Å². The Morgan fingerprint density at radius 3 is 2.67 bits per heavy atom. The van der Waals surface area contributed by atoms with Crippen LogP contribution in [-0.2, 0) is 4.79 Å². The van der Waals surface area contributed by atoms with Crippen molar-refractivity contribution in [3.63, 3.8) is 0 Å². The van der Waals surface area contributed by atoms with E-state index in [4.69, 9.17) is 5.11 Å². The Morgan fingerprint density at radius 2 is 2.33 bits per heavy atom. The Bertz CT molecular complexity index is 213. The van der Waals surface area contributed by atoms with Crippen molar-refractivity contribution < 1.29 is 9.90 Å². The van der Waals surface area contributed by atoms with Crippen molar-refractivity contribution in [2.75, 3.05) is 0 Å². The summed E-state index contributed by atoms with van der Waals surface area (Å²) in [5.41, 5.74) is 0. The average Bonchev–Trinajstić information content (AvgIpc) is 1.90. The summed E-state index contributed by atoms with van der Waals surface area (Å²) in [6.45, 7) is 0. The van der Waals surface area contributed by atoms with Gasteiger partial charge in [-0.2, -0.15) is 0 Å². The zero-order chi connectivity index (χ0) is 6.69. The van der Waals surface area contributed by atoms with Gasteiger partial charge in [-0.3, -0.25) is 0 Å². The topological polar surface area (TPSA) is 37.3 Å². The summed E-state index contributed by atoms with van der Waals surface area (Å²) >= 11 is -0.210. The summed E-state index contributed by atoms with van der Waals surface area (Å²) in [5, 5.41) is 8.44. The fraction of sp³-hybridized carbons (Fsp3) is 0. The Kier molecular flexibility index (Phi) is 2.01. The molecule has 1 heterocycles. The molecule has 0 amide bonds. The Hall–Kier alpha value is -0.622. The molecule has 0 saturated heterocycles. The van der Waals surface area contributed by atoms with Crippen LogP contribution in [0.25, 0.3) is 0 Å². The van der Waals surface area contributed by atoms with Gasteiger partial charge in [0.25, 0.3) is 0 Å². The molecule has 0 fully saturated rings. The van der Waals surface area contributed by atoms with Crippen molar-refractivity contribution in [3.8, 4) is 0 Å². The van der Waals surface area contributed by atoms with E-state index >= 15 is 0 Å². The molecule has 1 rings (SSSR count). The molecule has 0 saturated carbocycles. The number of carboxylic acid groups (broad SMARTS) is 1. The van der Waals surface area contributed by atoms with Crippen LogP contribution in [0.1, 0.15) is 0 Å². The minimum absolute atomic E-state index is 0.210. The van der Waals surface area contributed by atoms with Gasteiger partial charge < -0.3 is 0 Å². The zero-order valence-electron chi connectivity index (χ0n) is 4.61. The molecule has 0 atom stereocenters. The van der Waals surface area contributed by atoms with Crippen molar-refractivity contribution in [2.45, 2.75) is 0 Å². The van der Waals surface area contributed by atoms with Gasteiger partial charge in [-0.1, -0.05) is 0 Å².